The predicted molar refractivity (Wildman–Crippen MR) is 103 cm³/mol. The second kappa shape index (κ2) is 6.72. The summed E-state index contributed by atoms with van der Waals surface area (Å²) in [6.07, 6.45) is 1.75. The summed E-state index contributed by atoms with van der Waals surface area (Å²) in [6, 6.07) is 13.9. The molecular formula is C18H19N7S. The molecule has 0 fully saturated rings. The first-order chi connectivity index (χ1) is 12.6. The Labute approximate surface area is 154 Å². The average Bonchev–Trinajstić information content (AvgIpc) is 3.28. The minimum absolute atomic E-state index is 0.180. The number of nitrogens with zero attached hydrogens (tertiary/aromatic N) is 5. The molecule has 26 heavy (non-hydrogen) atoms. The van der Waals surface area contributed by atoms with Crippen LogP contribution in [0, 0.1) is 0 Å². The van der Waals surface area contributed by atoms with Gasteiger partial charge in [-0.05, 0) is 11.5 Å². The molecule has 0 saturated heterocycles. The number of anilines is 2. The maximum Gasteiger partial charge on any atom is 0.203 e. The van der Waals surface area contributed by atoms with Crippen LogP contribution in [0.15, 0.2) is 48.7 Å². The molecule has 3 N–H and O–H groups in total. The van der Waals surface area contributed by atoms with Gasteiger partial charge in [0, 0.05) is 17.8 Å². The van der Waals surface area contributed by atoms with E-state index in [9.17, 15) is 0 Å². The molecule has 7 nitrogen and oxygen atoms in total. The van der Waals surface area contributed by atoms with Crippen LogP contribution in [0.4, 0.5) is 10.9 Å². The van der Waals surface area contributed by atoms with E-state index in [4.69, 9.17) is 5.73 Å². The summed E-state index contributed by atoms with van der Waals surface area (Å²) in [5, 5.41) is 17.4. The Hall–Kier alpha value is -3.00. The Morgan fingerprint density at radius 3 is 2.62 bits per heavy atom. The van der Waals surface area contributed by atoms with Gasteiger partial charge in [-0.1, -0.05) is 55.5 Å². The minimum Gasteiger partial charge on any atom is -0.374 e. The van der Waals surface area contributed by atoms with Gasteiger partial charge in [-0.3, -0.25) is 0 Å². The molecule has 0 aliphatic carbocycles. The molecule has 132 valence electrons. The Morgan fingerprint density at radius 1 is 1.12 bits per heavy atom. The molecule has 8 heteroatoms. The summed E-state index contributed by atoms with van der Waals surface area (Å²) in [4.78, 5) is 4.67. The van der Waals surface area contributed by atoms with Crippen LogP contribution in [-0.4, -0.2) is 24.8 Å². The van der Waals surface area contributed by atoms with Gasteiger partial charge in [-0.15, -0.1) is 10.2 Å². The van der Waals surface area contributed by atoms with Gasteiger partial charge in [-0.25, -0.2) is 4.98 Å². The van der Waals surface area contributed by atoms with Crippen molar-refractivity contribution in [2.45, 2.75) is 25.8 Å². The van der Waals surface area contributed by atoms with Crippen LogP contribution in [0.2, 0.25) is 0 Å². The summed E-state index contributed by atoms with van der Waals surface area (Å²) >= 11 is 1.38. The van der Waals surface area contributed by atoms with E-state index in [1.165, 1.54) is 11.3 Å². The molecule has 0 aliphatic rings. The first-order valence-corrected chi connectivity index (χ1v) is 9.18. The fourth-order valence-electron chi connectivity index (χ4n) is 2.78. The molecule has 0 bridgehead atoms. The third kappa shape index (κ3) is 3.11. The van der Waals surface area contributed by atoms with Gasteiger partial charge in [0.15, 0.2) is 5.65 Å². The molecule has 4 rings (SSSR count). The van der Waals surface area contributed by atoms with Crippen molar-refractivity contribution in [2.24, 2.45) is 0 Å². The first-order valence-electron chi connectivity index (χ1n) is 8.37. The van der Waals surface area contributed by atoms with E-state index in [0.717, 1.165) is 27.7 Å². The van der Waals surface area contributed by atoms with Crippen LogP contribution in [0.1, 0.15) is 42.1 Å². The third-order valence-corrected chi connectivity index (χ3v) is 4.92. The van der Waals surface area contributed by atoms with E-state index in [2.05, 4.69) is 51.6 Å². The third-order valence-electron chi connectivity index (χ3n) is 4.10. The zero-order valence-electron chi connectivity index (χ0n) is 14.5. The van der Waals surface area contributed by atoms with Gasteiger partial charge in [0.05, 0.1) is 6.20 Å². The van der Waals surface area contributed by atoms with Crippen LogP contribution >= 0.6 is 11.3 Å². The van der Waals surface area contributed by atoms with Crippen molar-refractivity contribution in [1.82, 2.24) is 24.8 Å². The monoisotopic (exact) mass is 365 g/mol. The van der Waals surface area contributed by atoms with E-state index >= 15 is 0 Å². The lowest BCUT2D eigenvalue weighted by Crippen LogP contribution is -2.16. The van der Waals surface area contributed by atoms with Gasteiger partial charge in [-0.2, -0.15) is 9.61 Å². The zero-order chi connectivity index (χ0) is 18.1. The predicted octanol–water partition coefficient (Wildman–Crippen LogP) is 3.49. The number of nitrogen functional groups attached to an aromatic ring is 1. The first kappa shape index (κ1) is 16.5. The van der Waals surface area contributed by atoms with E-state index in [1.54, 1.807) is 10.7 Å². The molecular weight excluding hydrogens is 346 g/mol. The minimum atomic E-state index is -0.180. The quantitative estimate of drug-likeness (QED) is 0.562. The standard InChI is InChI=1S/C18H19N7S/c1-11(2)13-10-15(25-14(21-13)8-9-20-25)22-16(12-6-4-3-5-7-12)17-23-24-18(19)26-17/h3-11,16,22H,1-2H3,(H2,19,24)/t16-/m0/s1. The molecule has 0 spiro atoms. The van der Waals surface area contributed by atoms with E-state index in [-0.39, 0.29) is 6.04 Å². The number of nitrogens with two attached hydrogens (primary N) is 1. The molecule has 3 heterocycles. The van der Waals surface area contributed by atoms with Crippen molar-refractivity contribution in [3.63, 3.8) is 0 Å². The summed E-state index contributed by atoms with van der Waals surface area (Å²) < 4.78 is 1.80. The second-order valence-corrected chi connectivity index (χ2v) is 7.33. The van der Waals surface area contributed by atoms with Crippen molar-refractivity contribution in [2.75, 3.05) is 11.1 Å². The number of hydrogen-bond donors (Lipinski definition) is 2. The summed E-state index contributed by atoms with van der Waals surface area (Å²) in [5.74, 6) is 1.16. The highest BCUT2D eigenvalue weighted by atomic mass is 32.1. The van der Waals surface area contributed by atoms with E-state index < -0.39 is 0 Å². The highest BCUT2D eigenvalue weighted by Gasteiger charge is 2.20. The van der Waals surface area contributed by atoms with Crippen LogP contribution in [0.3, 0.4) is 0 Å². The molecule has 0 amide bonds. The Morgan fingerprint density at radius 2 is 1.92 bits per heavy atom. The molecule has 1 atom stereocenters. The van der Waals surface area contributed by atoms with Gasteiger partial charge in [0.1, 0.15) is 16.9 Å². The largest absolute Gasteiger partial charge is 0.374 e. The Bertz CT molecular complexity index is 1020. The number of fused-ring (bicyclic) bond motifs is 1. The van der Waals surface area contributed by atoms with E-state index in [1.807, 2.05) is 30.3 Å². The van der Waals surface area contributed by atoms with Crippen molar-refractivity contribution in [3.05, 3.63) is 64.9 Å². The Balaban J connectivity index is 1.81. The number of benzene rings is 1. The van der Waals surface area contributed by atoms with Crippen molar-refractivity contribution >= 4 is 27.9 Å². The van der Waals surface area contributed by atoms with Crippen LogP contribution in [-0.2, 0) is 0 Å². The number of aromatic nitrogens is 5. The maximum atomic E-state index is 5.82. The highest BCUT2D eigenvalue weighted by Crippen LogP contribution is 2.30. The number of rotatable bonds is 5. The van der Waals surface area contributed by atoms with Gasteiger partial charge in [0.25, 0.3) is 0 Å². The van der Waals surface area contributed by atoms with Crippen LogP contribution < -0.4 is 11.1 Å². The molecule has 4 aromatic rings. The lowest BCUT2D eigenvalue weighted by atomic mass is 10.1. The van der Waals surface area contributed by atoms with Crippen LogP contribution in [0.5, 0.6) is 0 Å². The highest BCUT2D eigenvalue weighted by molar-refractivity contribution is 7.15. The molecule has 0 unspecified atom stereocenters. The van der Waals surface area contributed by atoms with E-state index in [0.29, 0.717) is 11.0 Å². The molecule has 0 radical (unpaired) electrons. The number of nitrogens with one attached hydrogen (secondary N) is 1. The normalized spacial score (nSPS) is 12.6. The molecule has 1 aromatic carbocycles. The fourth-order valence-corrected chi connectivity index (χ4v) is 3.47. The van der Waals surface area contributed by atoms with Crippen molar-refractivity contribution in [1.29, 1.82) is 0 Å². The van der Waals surface area contributed by atoms with Gasteiger partial charge in [0.2, 0.25) is 5.13 Å². The maximum absolute atomic E-state index is 5.82. The zero-order valence-corrected chi connectivity index (χ0v) is 15.3. The molecule has 3 aromatic heterocycles. The van der Waals surface area contributed by atoms with Crippen LogP contribution in [0.25, 0.3) is 5.65 Å². The van der Waals surface area contributed by atoms with Gasteiger partial charge >= 0.3 is 0 Å². The lowest BCUT2D eigenvalue weighted by molar-refractivity contribution is 0.798. The average molecular weight is 365 g/mol. The van der Waals surface area contributed by atoms with Crippen molar-refractivity contribution in [3.8, 4) is 0 Å². The number of hydrogen-bond acceptors (Lipinski definition) is 7. The smallest absolute Gasteiger partial charge is 0.203 e. The molecule has 0 saturated carbocycles. The summed E-state index contributed by atoms with van der Waals surface area (Å²) in [7, 11) is 0. The second-order valence-electron chi connectivity index (χ2n) is 6.29. The summed E-state index contributed by atoms with van der Waals surface area (Å²) in [6.45, 7) is 4.25. The molecule has 0 aliphatic heterocycles. The fraction of sp³-hybridized carbons (Fsp3) is 0.222. The Kier molecular flexibility index (Phi) is 4.26. The SMILES string of the molecule is CC(C)c1cc(N[C@@H](c2ccccc2)c2nnc(N)s2)n2nccc2n1. The summed E-state index contributed by atoms with van der Waals surface area (Å²) in [5.41, 5.74) is 8.70. The lowest BCUT2D eigenvalue weighted by Gasteiger charge is -2.19. The topological polar surface area (TPSA) is 94.0 Å². The van der Waals surface area contributed by atoms with Crippen molar-refractivity contribution < 1.29 is 0 Å². The van der Waals surface area contributed by atoms with Gasteiger partial charge < -0.3 is 11.1 Å².